The van der Waals surface area contributed by atoms with Crippen molar-refractivity contribution in [3.05, 3.63) is 115 Å². The third-order valence-electron chi connectivity index (χ3n) is 4.80. The highest BCUT2D eigenvalue weighted by molar-refractivity contribution is 9.10. The number of rotatable bonds is 9. The van der Waals surface area contributed by atoms with Crippen molar-refractivity contribution in [3.63, 3.8) is 0 Å². The molecule has 3 aromatic carbocycles. The van der Waals surface area contributed by atoms with Crippen molar-refractivity contribution in [2.24, 2.45) is 0 Å². The first-order valence-electron chi connectivity index (χ1n) is 10.3. The fourth-order valence-corrected chi connectivity index (χ4v) is 4.21. The molecule has 0 aliphatic heterocycles. The molecule has 3 aromatic rings. The molecular formula is C26H19Br2N3O4. The second-order valence-corrected chi connectivity index (χ2v) is 9.10. The molecule has 0 fully saturated rings. The van der Waals surface area contributed by atoms with Crippen molar-refractivity contribution in [2.45, 2.75) is 13.0 Å². The van der Waals surface area contributed by atoms with E-state index in [0.29, 0.717) is 27.9 Å². The highest BCUT2D eigenvalue weighted by Crippen LogP contribution is 2.33. The van der Waals surface area contributed by atoms with E-state index < -0.39 is 10.8 Å². The SMILES string of the molecule is C=CCc1cc(/C=C(/C#N)C(=O)Nc2cccc(Br)c2)cc(Br)c1OCc1ccc([N+](=O)[O-])cc1. The summed E-state index contributed by atoms with van der Waals surface area (Å²) in [5, 5.41) is 23.1. The predicted molar refractivity (Wildman–Crippen MR) is 142 cm³/mol. The number of nitrogens with one attached hydrogen (secondary N) is 1. The summed E-state index contributed by atoms with van der Waals surface area (Å²) in [6.07, 6.45) is 3.71. The molecule has 0 aliphatic carbocycles. The van der Waals surface area contributed by atoms with Gasteiger partial charge in [-0.3, -0.25) is 14.9 Å². The van der Waals surface area contributed by atoms with Gasteiger partial charge in [-0.15, -0.1) is 6.58 Å². The Balaban J connectivity index is 1.83. The Morgan fingerprint density at radius 1 is 1.17 bits per heavy atom. The van der Waals surface area contributed by atoms with E-state index in [9.17, 15) is 20.2 Å². The zero-order valence-electron chi connectivity index (χ0n) is 18.3. The lowest BCUT2D eigenvalue weighted by molar-refractivity contribution is -0.384. The first-order valence-corrected chi connectivity index (χ1v) is 11.9. The fourth-order valence-electron chi connectivity index (χ4n) is 3.18. The van der Waals surface area contributed by atoms with Gasteiger partial charge < -0.3 is 10.1 Å². The fraction of sp³-hybridized carbons (Fsp3) is 0.0769. The molecular weight excluding hydrogens is 578 g/mol. The zero-order chi connectivity index (χ0) is 25.4. The van der Waals surface area contributed by atoms with Crippen molar-refractivity contribution in [3.8, 4) is 11.8 Å². The number of nitro groups is 1. The van der Waals surface area contributed by atoms with Crippen LogP contribution in [0.15, 0.2) is 87.8 Å². The number of carbonyl (C=O) groups excluding carboxylic acids is 1. The van der Waals surface area contributed by atoms with Crippen LogP contribution in [0.1, 0.15) is 16.7 Å². The highest BCUT2D eigenvalue weighted by Gasteiger charge is 2.14. The summed E-state index contributed by atoms with van der Waals surface area (Å²) in [6, 6.07) is 18.7. The monoisotopic (exact) mass is 595 g/mol. The summed E-state index contributed by atoms with van der Waals surface area (Å²) in [5.74, 6) is 0.0583. The van der Waals surface area contributed by atoms with Gasteiger partial charge in [-0.25, -0.2) is 0 Å². The van der Waals surface area contributed by atoms with Crippen LogP contribution in [0, 0.1) is 21.4 Å². The van der Waals surface area contributed by atoms with E-state index >= 15 is 0 Å². The van der Waals surface area contributed by atoms with Crippen molar-refractivity contribution in [1.29, 1.82) is 5.26 Å². The van der Waals surface area contributed by atoms with Gasteiger partial charge in [0.2, 0.25) is 0 Å². The number of allylic oxidation sites excluding steroid dienone is 1. The number of amides is 1. The molecule has 0 spiro atoms. The van der Waals surface area contributed by atoms with Crippen molar-refractivity contribution in [1.82, 2.24) is 0 Å². The van der Waals surface area contributed by atoms with E-state index in [4.69, 9.17) is 4.74 Å². The number of halogens is 2. The number of ether oxygens (including phenoxy) is 1. The van der Waals surface area contributed by atoms with Crippen LogP contribution >= 0.6 is 31.9 Å². The largest absolute Gasteiger partial charge is 0.487 e. The van der Waals surface area contributed by atoms with E-state index in [1.54, 1.807) is 42.5 Å². The lowest BCUT2D eigenvalue weighted by atomic mass is 10.0. The molecule has 0 unspecified atom stereocenters. The van der Waals surface area contributed by atoms with Crippen LogP contribution in [-0.4, -0.2) is 10.8 Å². The normalized spacial score (nSPS) is 10.8. The minimum Gasteiger partial charge on any atom is -0.487 e. The molecule has 0 radical (unpaired) electrons. The maximum absolute atomic E-state index is 12.6. The molecule has 1 N–H and O–H groups in total. The molecule has 0 saturated carbocycles. The van der Waals surface area contributed by atoms with E-state index in [1.807, 2.05) is 18.2 Å². The highest BCUT2D eigenvalue weighted by atomic mass is 79.9. The van der Waals surface area contributed by atoms with Crippen molar-refractivity contribution >= 4 is 55.2 Å². The predicted octanol–water partition coefficient (Wildman–Crippen LogP) is 6.97. The summed E-state index contributed by atoms with van der Waals surface area (Å²) in [5.41, 5.74) is 2.72. The average molecular weight is 597 g/mol. The molecule has 0 bridgehead atoms. The number of nitrogens with zero attached hydrogens (tertiary/aromatic N) is 2. The average Bonchev–Trinajstić information content (AvgIpc) is 2.82. The van der Waals surface area contributed by atoms with Crippen molar-refractivity contribution < 1.29 is 14.5 Å². The first kappa shape index (κ1) is 25.9. The molecule has 1 amide bonds. The van der Waals surface area contributed by atoms with Gasteiger partial charge in [0.15, 0.2) is 0 Å². The number of hydrogen-bond donors (Lipinski definition) is 1. The zero-order valence-corrected chi connectivity index (χ0v) is 21.5. The minimum absolute atomic E-state index is 0.00986. The number of non-ortho nitro benzene ring substituents is 1. The number of nitro benzene ring substituents is 1. The van der Waals surface area contributed by atoms with Gasteiger partial charge in [0, 0.05) is 22.3 Å². The summed E-state index contributed by atoms with van der Waals surface area (Å²) in [6.45, 7) is 3.99. The number of carbonyl (C=O) groups is 1. The van der Waals surface area contributed by atoms with Gasteiger partial charge in [-0.1, -0.05) is 28.1 Å². The van der Waals surface area contributed by atoms with Gasteiger partial charge in [-0.2, -0.15) is 5.26 Å². The molecule has 35 heavy (non-hydrogen) atoms. The molecule has 0 heterocycles. The first-order chi connectivity index (χ1) is 16.8. The van der Waals surface area contributed by atoms with Crippen LogP contribution in [0.4, 0.5) is 11.4 Å². The maximum atomic E-state index is 12.6. The minimum atomic E-state index is -0.523. The van der Waals surface area contributed by atoms with Gasteiger partial charge in [0.1, 0.15) is 24.0 Å². The molecule has 9 heteroatoms. The summed E-state index contributed by atoms with van der Waals surface area (Å²) in [4.78, 5) is 23.0. The number of benzene rings is 3. The Labute approximate surface area is 219 Å². The maximum Gasteiger partial charge on any atom is 0.269 e. The summed E-state index contributed by atoms with van der Waals surface area (Å²) < 4.78 is 7.44. The Morgan fingerprint density at radius 2 is 1.91 bits per heavy atom. The lowest BCUT2D eigenvalue weighted by Gasteiger charge is -2.14. The van der Waals surface area contributed by atoms with Gasteiger partial charge in [0.05, 0.1) is 9.40 Å². The second-order valence-electron chi connectivity index (χ2n) is 7.33. The quantitative estimate of drug-likeness (QED) is 0.0943. The standard InChI is InChI=1S/C26H19Br2N3O4/c1-2-4-19-11-18(12-20(15-29)26(32)30-22-6-3-5-21(27)14-22)13-24(28)25(19)35-16-17-7-9-23(10-8-17)31(33)34/h2-3,5-14H,1,4,16H2,(H,30,32)/b20-12-. The van der Waals surface area contributed by atoms with Crippen molar-refractivity contribution in [2.75, 3.05) is 5.32 Å². The second kappa shape index (κ2) is 12.1. The molecule has 0 aliphatic rings. The van der Waals surface area contributed by atoms with Crippen LogP contribution < -0.4 is 10.1 Å². The summed E-state index contributed by atoms with van der Waals surface area (Å²) >= 11 is 6.87. The number of anilines is 1. The molecule has 0 atom stereocenters. The van der Waals surface area contributed by atoms with Crippen LogP contribution in [0.2, 0.25) is 0 Å². The van der Waals surface area contributed by atoms with Crippen LogP contribution in [0.25, 0.3) is 6.08 Å². The van der Waals surface area contributed by atoms with E-state index in [2.05, 4.69) is 43.8 Å². The van der Waals surface area contributed by atoms with Gasteiger partial charge >= 0.3 is 0 Å². The smallest absolute Gasteiger partial charge is 0.269 e. The Kier molecular flexibility index (Phi) is 8.95. The van der Waals surface area contributed by atoms with Gasteiger partial charge in [-0.05, 0) is 87.6 Å². The van der Waals surface area contributed by atoms with E-state index in [-0.39, 0.29) is 17.9 Å². The van der Waals surface area contributed by atoms with Crippen LogP contribution in [0.5, 0.6) is 5.75 Å². The number of nitriles is 1. The topological polar surface area (TPSA) is 105 Å². The van der Waals surface area contributed by atoms with E-state index in [1.165, 1.54) is 18.2 Å². The Hall–Kier alpha value is -3.74. The molecule has 0 saturated heterocycles. The molecule has 0 aromatic heterocycles. The Morgan fingerprint density at radius 3 is 2.54 bits per heavy atom. The Bertz CT molecular complexity index is 1350. The third-order valence-corrected chi connectivity index (χ3v) is 5.88. The van der Waals surface area contributed by atoms with Crippen LogP contribution in [0.3, 0.4) is 0 Å². The third kappa shape index (κ3) is 7.12. The van der Waals surface area contributed by atoms with Crippen LogP contribution in [-0.2, 0) is 17.8 Å². The lowest BCUT2D eigenvalue weighted by Crippen LogP contribution is -2.13. The van der Waals surface area contributed by atoms with Gasteiger partial charge in [0.25, 0.3) is 11.6 Å². The summed E-state index contributed by atoms with van der Waals surface area (Å²) in [7, 11) is 0. The number of hydrogen-bond acceptors (Lipinski definition) is 5. The molecule has 176 valence electrons. The molecule has 3 rings (SSSR count). The molecule has 7 nitrogen and oxygen atoms in total. The van der Waals surface area contributed by atoms with E-state index in [0.717, 1.165) is 15.6 Å².